The number of amides is 1. The third kappa shape index (κ3) is 4.01. The molecule has 7 heteroatoms. The standard InChI is InChI=1S/C14H19N5O2/c1-10(2)12(9-19-7-6-16-18-19)17-14(20)11-4-5-13(21-3)15-8-11/h4-8,10,12H,9H2,1-3H3,(H,17,20)/t12-/m0/s1. The van der Waals surface area contributed by atoms with Crippen molar-refractivity contribution >= 4 is 5.91 Å². The molecular weight excluding hydrogens is 270 g/mol. The zero-order valence-electron chi connectivity index (χ0n) is 12.4. The third-order valence-electron chi connectivity index (χ3n) is 3.18. The summed E-state index contributed by atoms with van der Waals surface area (Å²) in [6, 6.07) is 3.31. The first-order valence-electron chi connectivity index (χ1n) is 6.75. The monoisotopic (exact) mass is 289 g/mol. The molecule has 21 heavy (non-hydrogen) atoms. The van der Waals surface area contributed by atoms with E-state index in [0.717, 1.165) is 0 Å². The number of aromatic nitrogens is 4. The average molecular weight is 289 g/mol. The van der Waals surface area contributed by atoms with E-state index in [1.807, 2.05) is 13.8 Å². The van der Waals surface area contributed by atoms with Crippen molar-refractivity contribution in [3.05, 3.63) is 36.3 Å². The summed E-state index contributed by atoms with van der Waals surface area (Å²) in [5.41, 5.74) is 0.500. The molecule has 0 fully saturated rings. The summed E-state index contributed by atoms with van der Waals surface area (Å²) >= 11 is 0. The molecule has 0 spiro atoms. The normalized spacial score (nSPS) is 12.2. The lowest BCUT2D eigenvalue weighted by molar-refractivity contribution is 0.0918. The van der Waals surface area contributed by atoms with Crippen molar-refractivity contribution in [3.63, 3.8) is 0 Å². The van der Waals surface area contributed by atoms with Crippen LogP contribution in [0.2, 0.25) is 0 Å². The van der Waals surface area contributed by atoms with Crippen LogP contribution in [0, 0.1) is 5.92 Å². The van der Waals surface area contributed by atoms with Crippen molar-refractivity contribution in [1.29, 1.82) is 0 Å². The molecular formula is C14H19N5O2. The van der Waals surface area contributed by atoms with Crippen LogP contribution >= 0.6 is 0 Å². The maximum Gasteiger partial charge on any atom is 0.253 e. The number of nitrogens with zero attached hydrogens (tertiary/aromatic N) is 4. The zero-order chi connectivity index (χ0) is 15.2. The van der Waals surface area contributed by atoms with Gasteiger partial charge in [-0.3, -0.25) is 9.48 Å². The van der Waals surface area contributed by atoms with Gasteiger partial charge in [-0.15, -0.1) is 5.10 Å². The Morgan fingerprint density at radius 2 is 2.24 bits per heavy atom. The first-order chi connectivity index (χ1) is 10.1. The number of nitrogens with one attached hydrogen (secondary N) is 1. The highest BCUT2D eigenvalue weighted by molar-refractivity contribution is 5.94. The Hall–Kier alpha value is -2.44. The van der Waals surface area contributed by atoms with Gasteiger partial charge in [0.2, 0.25) is 5.88 Å². The molecule has 0 aliphatic heterocycles. The Morgan fingerprint density at radius 3 is 2.76 bits per heavy atom. The minimum atomic E-state index is -0.163. The largest absolute Gasteiger partial charge is 0.481 e. The highest BCUT2D eigenvalue weighted by Crippen LogP contribution is 2.09. The number of rotatable bonds is 6. The van der Waals surface area contributed by atoms with Crippen LogP contribution < -0.4 is 10.1 Å². The third-order valence-corrected chi connectivity index (χ3v) is 3.18. The van der Waals surface area contributed by atoms with E-state index < -0.39 is 0 Å². The number of methoxy groups -OCH3 is 1. The van der Waals surface area contributed by atoms with Crippen molar-refractivity contribution in [2.75, 3.05) is 7.11 Å². The number of carbonyl (C=O) groups is 1. The minimum Gasteiger partial charge on any atom is -0.481 e. The van der Waals surface area contributed by atoms with E-state index in [2.05, 4.69) is 20.6 Å². The number of ether oxygens (including phenoxy) is 1. The van der Waals surface area contributed by atoms with Crippen LogP contribution in [0.1, 0.15) is 24.2 Å². The summed E-state index contributed by atoms with van der Waals surface area (Å²) in [5, 5.41) is 10.7. The summed E-state index contributed by atoms with van der Waals surface area (Å²) in [6.45, 7) is 4.68. The van der Waals surface area contributed by atoms with Crippen LogP contribution in [0.5, 0.6) is 5.88 Å². The predicted octanol–water partition coefficient (Wildman–Crippen LogP) is 1.14. The first-order valence-corrected chi connectivity index (χ1v) is 6.75. The molecule has 1 atom stereocenters. The number of pyridine rings is 1. The van der Waals surface area contributed by atoms with Crippen LogP contribution in [0.4, 0.5) is 0 Å². The molecule has 0 saturated carbocycles. The van der Waals surface area contributed by atoms with Gasteiger partial charge in [-0.25, -0.2) is 4.98 Å². The molecule has 0 unspecified atom stereocenters. The van der Waals surface area contributed by atoms with Crippen LogP contribution in [0.25, 0.3) is 0 Å². The second-order valence-electron chi connectivity index (χ2n) is 5.04. The molecule has 0 aliphatic rings. The van der Waals surface area contributed by atoms with Crippen molar-refractivity contribution in [2.24, 2.45) is 5.92 Å². The Labute approximate surface area is 123 Å². The number of hydrogen-bond donors (Lipinski definition) is 1. The topological polar surface area (TPSA) is 81.9 Å². The van der Waals surface area contributed by atoms with Crippen LogP contribution in [-0.4, -0.2) is 39.0 Å². The van der Waals surface area contributed by atoms with Crippen molar-refractivity contribution < 1.29 is 9.53 Å². The molecule has 7 nitrogen and oxygen atoms in total. The molecule has 0 bridgehead atoms. The van der Waals surface area contributed by atoms with Gasteiger partial charge in [0.25, 0.3) is 5.91 Å². The fourth-order valence-corrected chi connectivity index (χ4v) is 1.84. The molecule has 1 amide bonds. The molecule has 2 aromatic rings. The summed E-state index contributed by atoms with van der Waals surface area (Å²) in [7, 11) is 1.54. The predicted molar refractivity (Wildman–Crippen MR) is 76.9 cm³/mol. The maximum atomic E-state index is 12.3. The molecule has 2 heterocycles. The summed E-state index contributed by atoms with van der Waals surface area (Å²) in [6.07, 6.45) is 4.89. The van der Waals surface area contributed by atoms with E-state index >= 15 is 0 Å². The molecule has 0 aliphatic carbocycles. The molecule has 0 aromatic carbocycles. The van der Waals surface area contributed by atoms with Gasteiger partial charge in [-0.05, 0) is 12.0 Å². The Bertz CT molecular complexity index is 566. The highest BCUT2D eigenvalue weighted by Gasteiger charge is 2.18. The van der Waals surface area contributed by atoms with E-state index in [4.69, 9.17) is 4.74 Å². The maximum absolute atomic E-state index is 12.3. The fourth-order valence-electron chi connectivity index (χ4n) is 1.84. The van der Waals surface area contributed by atoms with E-state index in [-0.39, 0.29) is 17.9 Å². The fraction of sp³-hybridized carbons (Fsp3) is 0.429. The van der Waals surface area contributed by atoms with Crippen molar-refractivity contribution in [2.45, 2.75) is 26.4 Å². The molecule has 0 saturated heterocycles. The molecule has 2 rings (SSSR count). The van der Waals surface area contributed by atoms with E-state index in [0.29, 0.717) is 18.0 Å². The molecule has 112 valence electrons. The van der Waals surface area contributed by atoms with Gasteiger partial charge in [-0.2, -0.15) is 0 Å². The average Bonchev–Trinajstić information content (AvgIpc) is 2.99. The lowest BCUT2D eigenvalue weighted by Crippen LogP contribution is -2.41. The van der Waals surface area contributed by atoms with Gasteiger partial charge < -0.3 is 10.1 Å². The van der Waals surface area contributed by atoms with Gasteiger partial charge in [-0.1, -0.05) is 19.1 Å². The van der Waals surface area contributed by atoms with Gasteiger partial charge in [0, 0.05) is 18.5 Å². The minimum absolute atomic E-state index is 0.0405. The van der Waals surface area contributed by atoms with Gasteiger partial charge in [0.1, 0.15) is 0 Å². The first kappa shape index (κ1) is 15.0. The van der Waals surface area contributed by atoms with E-state index in [1.165, 1.54) is 13.3 Å². The van der Waals surface area contributed by atoms with Crippen LogP contribution in [-0.2, 0) is 6.54 Å². The van der Waals surface area contributed by atoms with E-state index in [1.54, 1.807) is 29.2 Å². The Morgan fingerprint density at radius 1 is 1.43 bits per heavy atom. The summed E-state index contributed by atoms with van der Waals surface area (Å²) in [4.78, 5) is 16.3. The molecule has 2 aromatic heterocycles. The summed E-state index contributed by atoms with van der Waals surface area (Å²) in [5.74, 6) is 0.586. The zero-order valence-corrected chi connectivity index (χ0v) is 12.4. The van der Waals surface area contributed by atoms with Crippen molar-refractivity contribution in [3.8, 4) is 5.88 Å². The lowest BCUT2D eigenvalue weighted by Gasteiger charge is -2.22. The smallest absolute Gasteiger partial charge is 0.253 e. The SMILES string of the molecule is COc1ccc(C(=O)N[C@@H](Cn2ccnn2)C(C)C)cn1. The highest BCUT2D eigenvalue weighted by atomic mass is 16.5. The Balaban J connectivity index is 2.03. The van der Waals surface area contributed by atoms with Gasteiger partial charge in [0.05, 0.1) is 31.5 Å². The van der Waals surface area contributed by atoms with E-state index in [9.17, 15) is 4.79 Å². The lowest BCUT2D eigenvalue weighted by atomic mass is 10.0. The molecule has 1 N–H and O–H groups in total. The van der Waals surface area contributed by atoms with Gasteiger partial charge >= 0.3 is 0 Å². The van der Waals surface area contributed by atoms with Crippen LogP contribution in [0.15, 0.2) is 30.7 Å². The second kappa shape index (κ2) is 6.83. The Kier molecular flexibility index (Phi) is 4.86. The summed E-state index contributed by atoms with van der Waals surface area (Å²) < 4.78 is 6.68. The number of carbonyl (C=O) groups excluding carboxylic acids is 1. The number of hydrogen-bond acceptors (Lipinski definition) is 5. The van der Waals surface area contributed by atoms with Crippen LogP contribution in [0.3, 0.4) is 0 Å². The second-order valence-corrected chi connectivity index (χ2v) is 5.04. The van der Waals surface area contributed by atoms with Crippen molar-refractivity contribution in [1.82, 2.24) is 25.3 Å². The molecule has 0 radical (unpaired) electrons. The van der Waals surface area contributed by atoms with Gasteiger partial charge in [0.15, 0.2) is 0 Å². The quantitative estimate of drug-likeness (QED) is 0.862.